The van der Waals surface area contributed by atoms with Crippen LogP contribution in [-0.4, -0.2) is 155 Å². The first-order chi connectivity index (χ1) is 27.0. The van der Waals surface area contributed by atoms with Gasteiger partial charge in [0.15, 0.2) is 18.7 Å². The zero-order valence-corrected chi connectivity index (χ0v) is 38.8. The van der Waals surface area contributed by atoms with Crippen molar-refractivity contribution >= 4 is 12.1 Å². The van der Waals surface area contributed by atoms with Crippen molar-refractivity contribution in [2.75, 3.05) is 27.7 Å². The highest BCUT2D eigenvalue weighted by atomic mass is 16.7. The molecule has 3 fully saturated rings. The topological polar surface area (TPSA) is 221 Å². The van der Waals surface area contributed by atoms with Crippen LogP contribution in [0.1, 0.15) is 116 Å². The summed E-state index contributed by atoms with van der Waals surface area (Å²) in [6.07, 6.45) is -9.63. The van der Waals surface area contributed by atoms with Gasteiger partial charge in [0.25, 0.3) is 0 Å². The standard InChI is InChI=1S/C43H81N3O13/c1-17-29-43(13,52)34(48)24(4)31(44)22(2)19-41(11,51)35(58-38-32(47)28(46(14)15)18-23(3)54-38)25(5)33(26(6)37(49)56-29)57-30-20-42(12,53-16)36(27(7)55-30)59-39(50)45-21-40(8,9)10/h22-36,38,47-48,51-52H,17-21,44H2,1-16H3,(H,45,50)/t22?,23?,24?,25?,26?,27?,28?,29-,30?,31?,32?,33?,34?,35?,36?,38?,41?,42?,43?/m1/s1. The third kappa shape index (κ3) is 12.5. The van der Waals surface area contributed by atoms with E-state index in [1.165, 1.54) is 14.0 Å². The molecule has 3 saturated heterocycles. The van der Waals surface area contributed by atoms with E-state index in [1.807, 2.05) is 53.6 Å². The first kappa shape index (κ1) is 51.6. The van der Waals surface area contributed by atoms with E-state index in [2.05, 4.69) is 5.32 Å². The van der Waals surface area contributed by atoms with Crippen LogP contribution in [0.2, 0.25) is 0 Å². The van der Waals surface area contributed by atoms with Crippen LogP contribution >= 0.6 is 0 Å². The number of aliphatic hydroxyl groups excluding tert-OH is 2. The molecule has 3 aliphatic heterocycles. The minimum absolute atomic E-state index is 0.0651. The minimum Gasteiger partial charge on any atom is -0.459 e. The number of cyclic esters (lactones) is 1. The second-order valence-corrected chi connectivity index (χ2v) is 20.1. The number of methoxy groups -OCH3 is 1. The van der Waals surface area contributed by atoms with Crippen LogP contribution in [0.5, 0.6) is 0 Å². The Morgan fingerprint density at radius 3 is 2.12 bits per heavy atom. The SMILES string of the molecule is CC[C@H]1OC(=O)C(C)C(OC2CC(C)(OC)C(OC(=O)NCC(C)(C)C)C(C)O2)C(C)C(OC2OC(C)CC(N(C)C)C2O)C(C)(O)CC(C)C(N)C(C)C(O)C1(C)O. The molecule has 18 unspecified atom stereocenters. The Balaban J connectivity index is 2.14. The molecule has 0 bridgehead atoms. The van der Waals surface area contributed by atoms with E-state index in [4.69, 9.17) is 38.9 Å². The summed E-state index contributed by atoms with van der Waals surface area (Å²) < 4.78 is 44.1. The summed E-state index contributed by atoms with van der Waals surface area (Å²) in [5.74, 6) is -3.73. The first-order valence-electron chi connectivity index (χ1n) is 21.6. The van der Waals surface area contributed by atoms with Gasteiger partial charge in [-0.15, -0.1) is 0 Å². The van der Waals surface area contributed by atoms with Gasteiger partial charge in [0, 0.05) is 44.0 Å². The maximum absolute atomic E-state index is 14.3. The number of carbonyl (C=O) groups excluding carboxylic acids is 2. The van der Waals surface area contributed by atoms with Crippen molar-refractivity contribution in [2.45, 2.75) is 206 Å². The van der Waals surface area contributed by atoms with Crippen LogP contribution in [0.25, 0.3) is 0 Å². The highest BCUT2D eigenvalue weighted by Crippen LogP contribution is 2.41. The molecule has 7 N–H and O–H groups in total. The van der Waals surface area contributed by atoms with Crippen molar-refractivity contribution in [2.24, 2.45) is 34.8 Å². The minimum atomic E-state index is -1.88. The average Bonchev–Trinajstić information content (AvgIpc) is 3.13. The zero-order chi connectivity index (χ0) is 45.2. The maximum atomic E-state index is 14.3. The molecular weight excluding hydrogens is 766 g/mol. The summed E-state index contributed by atoms with van der Waals surface area (Å²) in [5, 5.41) is 50.4. The zero-order valence-electron chi connectivity index (χ0n) is 38.8. The normalized spacial score (nSPS) is 46.0. The van der Waals surface area contributed by atoms with Crippen LogP contribution in [-0.2, 0) is 38.0 Å². The Kier molecular flexibility index (Phi) is 17.7. The Hall–Kier alpha value is -1.70. The lowest BCUT2D eigenvalue weighted by Gasteiger charge is -2.49. The molecule has 1 amide bonds. The number of nitrogens with two attached hydrogens (primary N) is 1. The van der Waals surface area contributed by atoms with Gasteiger partial charge in [0.1, 0.15) is 23.4 Å². The second kappa shape index (κ2) is 20.2. The van der Waals surface area contributed by atoms with Gasteiger partial charge < -0.3 is 69.5 Å². The fourth-order valence-corrected chi connectivity index (χ4v) is 9.33. The molecule has 59 heavy (non-hydrogen) atoms. The van der Waals surface area contributed by atoms with E-state index < -0.39 is 114 Å². The monoisotopic (exact) mass is 848 g/mol. The lowest BCUT2D eigenvalue weighted by molar-refractivity contribution is -0.318. The van der Waals surface area contributed by atoms with E-state index in [0.717, 1.165) is 0 Å². The smallest absolute Gasteiger partial charge is 0.407 e. The number of alkyl carbamates (subject to hydrolysis) is 1. The lowest BCUT2D eigenvalue weighted by atomic mass is 9.72. The predicted molar refractivity (Wildman–Crippen MR) is 221 cm³/mol. The summed E-state index contributed by atoms with van der Waals surface area (Å²) in [6, 6.07) is -1.03. The Bertz CT molecular complexity index is 1360. The van der Waals surface area contributed by atoms with Gasteiger partial charge in [0.05, 0.1) is 42.0 Å². The average molecular weight is 848 g/mol. The molecule has 3 heterocycles. The summed E-state index contributed by atoms with van der Waals surface area (Å²) in [6.45, 7) is 23.6. The van der Waals surface area contributed by atoms with Gasteiger partial charge in [-0.05, 0) is 86.2 Å². The number of aliphatic hydroxyl groups is 4. The van der Waals surface area contributed by atoms with E-state index in [-0.39, 0.29) is 36.8 Å². The molecule has 19 atom stereocenters. The lowest BCUT2D eigenvalue weighted by Crippen LogP contribution is -2.62. The van der Waals surface area contributed by atoms with Crippen molar-refractivity contribution in [3.05, 3.63) is 0 Å². The first-order valence-corrected chi connectivity index (χ1v) is 21.6. The molecule has 0 aromatic heterocycles. The van der Waals surface area contributed by atoms with Crippen LogP contribution < -0.4 is 11.1 Å². The largest absolute Gasteiger partial charge is 0.459 e. The molecule has 0 radical (unpaired) electrons. The van der Waals surface area contributed by atoms with Gasteiger partial charge in [0.2, 0.25) is 0 Å². The van der Waals surface area contributed by atoms with E-state index in [1.54, 1.807) is 48.5 Å². The third-order valence-electron chi connectivity index (χ3n) is 13.1. The molecular formula is C43H81N3O13. The molecule has 0 aromatic carbocycles. The predicted octanol–water partition coefficient (Wildman–Crippen LogP) is 3.32. The van der Waals surface area contributed by atoms with Gasteiger partial charge in [-0.1, -0.05) is 48.5 Å². The van der Waals surface area contributed by atoms with Gasteiger partial charge >= 0.3 is 12.1 Å². The Morgan fingerprint density at radius 1 is 0.966 bits per heavy atom. The van der Waals surface area contributed by atoms with Gasteiger partial charge in [-0.2, -0.15) is 0 Å². The summed E-state index contributed by atoms with van der Waals surface area (Å²) in [5.41, 5.74) is 1.94. The van der Waals surface area contributed by atoms with Gasteiger partial charge in [-0.3, -0.25) is 4.79 Å². The number of ether oxygens (including phenoxy) is 7. The molecule has 3 aliphatic rings. The maximum Gasteiger partial charge on any atom is 0.407 e. The number of nitrogens with one attached hydrogen (secondary N) is 1. The number of esters is 1. The summed E-state index contributed by atoms with van der Waals surface area (Å²) in [4.78, 5) is 29.2. The number of rotatable bonds is 9. The molecule has 3 rings (SSSR count). The second-order valence-electron chi connectivity index (χ2n) is 20.1. The molecule has 0 aromatic rings. The molecule has 346 valence electrons. The number of carbonyl (C=O) groups is 2. The van der Waals surface area contributed by atoms with Gasteiger partial charge in [-0.25, -0.2) is 4.79 Å². The van der Waals surface area contributed by atoms with Crippen molar-refractivity contribution in [3.8, 4) is 0 Å². The number of likely N-dealkylation sites (N-methyl/N-ethyl adjacent to an activating group) is 1. The van der Waals surface area contributed by atoms with Crippen molar-refractivity contribution in [1.29, 1.82) is 0 Å². The van der Waals surface area contributed by atoms with E-state index >= 15 is 0 Å². The fraction of sp³-hybridized carbons (Fsp3) is 0.953. The molecule has 16 nitrogen and oxygen atoms in total. The van der Waals surface area contributed by atoms with Crippen LogP contribution in [0.4, 0.5) is 4.79 Å². The molecule has 16 heteroatoms. The van der Waals surface area contributed by atoms with Crippen molar-refractivity contribution in [3.63, 3.8) is 0 Å². The molecule has 0 aliphatic carbocycles. The van der Waals surface area contributed by atoms with Crippen LogP contribution in [0, 0.1) is 29.1 Å². The van der Waals surface area contributed by atoms with Crippen molar-refractivity contribution in [1.82, 2.24) is 10.2 Å². The van der Waals surface area contributed by atoms with E-state index in [0.29, 0.717) is 13.0 Å². The highest BCUT2D eigenvalue weighted by Gasteiger charge is 2.54. The van der Waals surface area contributed by atoms with E-state index in [9.17, 15) is 30.0 Å². The highest BCUT2D eigenvalue weighted by molar-refractivity contribution is 5.73. The Labute approximate surface area is 353 Å². The molecule has 0 spiro atoms. The molecule has 0 saturated carbocycles. The quantitative estimate of drug-likeness (QED) is 0.183. The number of hydrogen-bond donors (Lipinski definition) is 6. The Morgan fingerprint density at radius 2 is 1.58 bits per heavy atom. The number of amides is 1. The van der Waals surface area contributed by atoms with Crippen LogP contribution in [0.15, 0.2) is 0 Å². The summed E-state index contributed by atoms with van der Waals surface area (Å²) in [7, 11) is 5.25. The third-order valence-corrected chi connectivity index (χ3v) is 13.1. The fourth-order valence-electron chi connectivity index (χ4n) is 9.33. The number of hydrogen-bond acceptors (Lipinski definition) is 15. The van der Waals surface area contributed by atoms with Crippen LogP contribution in [0.3, 0.4) is 0 Å². The number of nitrogens with zero attached hydrogens (tertiary/aromatic N) is 1. The summed E-state index contributed by atoms with van der Waals surface area (Å²) >= 11 is 0. The van der Waals surface area contributed by atoms with Crippen molar-refractivity contribution < 1.29 is 63.2 Å².